The maximum Gasteiger partial charge on any atom is 0.249 e. The van der Waals surface area contributed by atoms with Gasteiger partial charge in [0.25, 0.3) is 0 Å². The molecular weight excluding hydrogens is 364 g/mol. The molecule has 5 heteroatoms. The molecule has 0 saturated heterocycles. The van der Waals surface area contributed by atoms with Crippen molar-refractivity contribution < 1.29 is 4.79 Å². The van der Waals surface area contributed by atoms with Gasteiger partial charge in [0, 0.05) is 32.8 Å². The fourth-order valence-corrected chi connectivity index (χ4v) is 3.98. The van der Waals surface area contributed by atoms with Crippen LogP contribution in [0.1, 0.15) is 0 Å². The molecule has 0 unspecified atom stereocenters. The summed E-state index contributed by atoms with van der Waals surface area (Å²) < 4.78 is 0. The van der Waals surface area contributed by atoms with Crippen LogP contribution in [0.15, 0.2) is 94.9 Å². The molecule has 0 saturated carbocycles. The maximum absolute atomic E-state index is 12.3. The number of carbonyl (C=O) groups excluding carboxylic acids is 1. The lowest BCUT2D eigenvalue weighted by molar-refractivity contribution is -0.111. The lowest BCUT2D eigenvalue weighted by atomic mass is 10.2. The quantitative estimate of drug-likeness (QED) is 0.559. The molecule has 0 aliphatic carbocycles. The summed E-state index contributed by atoms with van der Waals surface area (Å²) in [5, 5.41) is 3.52. The van der Waals surface area contributed by atoms with Gasteiger partial charge in [-0.05, 0) is 42.5 Å². The zero-order valence-electron chi connectivity index (χ0n) is 13.7. The number of rotatable bonds is 3. The van der Waals surface area contributed by atoms with Crippen LogP contribution >= 0.6 is 23.4 Å². The van der Waals surface area contributed by atoms with E-state index in [1.807, 2.05) is 71.6 Å². The zero-order chi connectivity index (χ0) is 17.9. The van der Waals surface area contributed by atoms with E-state index in [-0.39, 0.29) is 5.91 Å². The third-order valence-electron chi connectivity index (χ3n) is 3.94. The Morgan fingerprint density at radius 1 is 0.923 bits per heavy atom. The molecule has 0 fully saturated rings. The normalized spacial score (nSPS) is 12.6. The summed E-state index contributed by atoms with van der Waals surface area (Å²) in [5.74, 6) is -0.185. The fourth-order valence-electron chi connectivity index (χ4n) is 2.76. The van der Waals surface area contributed by atoms with E-state index in [0.29, 0.717) is 5.02 Å². The zero-order valence-corrected chi connectivity index (χ0v) is 15.3. The predicted octanol–water partition coefficient (Wildman–Crippen LogP) is 6.10. The number of carbonyl (C=O) groups is 1. The van der Waals surface area contributed by atoms with E-state index >= 15 is 0 Å². The number of hydrogen-bond acceptors (Lipinski definition) is 3. The Morgan fingerprint density at radius 2 is 1.65 bits per heavy atom. The first kappa shape index (κ1) is 16.8. The molecule has 3 aromatic rings. The van der Waals surface area contributed by atoms with E-state index in [9.17, 15) is 4.79 Å². The van der Waals surface area contributed by atoms with Crippen molar-refractivity contribution in [3.63, 3.8) is 0 Å². The highest BCUT2D eigenvalue weighted by Crippen LogP contribution is 2.48. The average Bonchev–Trinajstić information content (AvgIpc) is 2.66. The van der Waals surface area contributed by atoms with Gasteiger partial charge in [-0.2, -0.15) is 0 Å². The Morgan fingerprint density at radius 3 is 2.50 bits per heavy atom. The molecule has 1 N–H and O–H groups in total. The van der Waals surface area contributed by atoms with Crippen LogP contribution in [0.2, 0.25) is 5.02 Å². The van der Waals surface area contributed by atoms with Crippen LogP contribution < -0.4 is 10.2 Å². The van der Waals surface area contributed by atoms with Crippen molar-refractivity contribution in [2.75, 3.05) is 10.2 Å². The molecular formula is C21H15ClN2OS. The number of para-hydroxylation sites is 2. The van der Waals surface area contributed by atoms with Gasteiger partial charge in [0.2, 0.25) is 5.91 Å². The van der Waals surface area contributed by atoms with Gasteiger partial charge in [-0.1, -0.05) is 53.7 Å². The van der Waals surface area contributed by atoms with E-state index < -0.39 is 0 Å². The van der Waals surface area contributed by atoms with E-state index in [4.69, 9.17) is 11.6 Å². The molecule has 0 aromatic heterocycles. The molecule has 128 valence electrons. The second-order valence-electron chi connectivity index (χ2n) is 5.72. The molecule has 0 radical (unpaired) electrons. The van der Waals surface area contributed by atoms with Crippen molar-refractivity contribution >= 4 is 46.3 Å². The van der Waals surface area contributed by atoms with Crippen LogP contribution in [0.3, 0.4) is 0 Å². The van der Waals surface area contributed by atoms with E-state index in [2.05, 4.69) is 11.4 Å². The fraction of sp³-hybridized carbons (Fsp3) is 0. The minimum atomic E-state index is -0.185. The van der Waals surface area contributed by atoms with E-state index in [1.165, 1.54) is 6.08 Å². The number of hydrogen-bond donors (Lipinski definition) is 1. The Balaban J connectivity index is 1.65. The minimum Gasteiger partial charge on any atom is -0.322 e. The number of benzene rings is 3. The molecule has 1 aliphatic rings. The molecule has 3 aromatic carbocycles. The van der Waals surface area contributed by atoms with Crippen LogP contribution in [0.4, 0.5) is 17.1 Å². The van der Waals surface area contributed by atoms with Gasteiger partial charge in [-0.3, -0.25) is 4.79 Å². The maximum atomic E-state index is 12.3. The van der Waals surface area contributed by atoms with E-state index in [0.717, 1.165) is 26.9 Å². The Kier molecular flexibility index (Phi) is 4.69. The molecule has 4 rings (SSSR count). The number of fused-ring (bicyclic) bond motifs is 2. The molecule has 1 heterocycles. The monoisotopic (exact) mass is 378 g/mol. The van der Waals surface area contributed by atoms with Gasteiger partial charge in [-0.25, -0.2) is 0 Å². The number of amides is 1. The Bertz CT molecular complexity index is 988. The van der Waals surface area contributed by atoms with Crippen LogP contribution in [0, 0.1) is 0 Å². The van der Waals surface area contributed by atoms with Crippen LogP contribution in [0.5, 0.6) is 0 Å². The summed E-state index contributed by atoms with van der Waals surface area (Å²) in [4.78, 5) is 16.5. The van der Waals surface area contributed by atoms with Gasteiger partial charge in [0.15, 0.2) is 0 Å². The summed E-state index contributed by atoms with van der Waals surface area (Å²) >= 11 is 7.90. The molecule has 1 amide bonds. The highest BCUT2D eigenvalue weighted by molar-refractivity contribution is 7.99. The molecule has 0 spiro atoms. The standard InChI is InChI=1S/C21H15ClN2OS/c22-15-10-11-20-18(14-15)24(17-8-4-5-9-19(17)26-20)13-12-21(25)23-16-6-2-1-3-7-16/h1-14H,(H,23,25). The highest BCUT2D eigenvalue weighted by atomic mass is 35.5. The van der Waals surface area contributed by atoms with Crippen molar-refractivity contribution in [1.29, 1.82) is 0 Å². The SMILES string of the molecule is O=C(C=CN1c2ccccc2Sc2ccc(Cl)cc21)Nc1ccccc1. The number of nitrogens with zero attached hydrogens (tertiary/aromatic N) is 1. The third-order valence-corrected chi connectivity index (χ3v) is 5.31. The van der Waals surface area contributed by atoms with E-state index in [1.54, 1.807) is 18.0 Å². The topological polar surface area (TPSA) is 32.3 Å². The van der Waals surface area contributed by atoms with Crippen molar-refractivity contribution in [2.24, 2.45) is 0 Å². The van der Waals surface area contributed by atoms with Gasteiger partial charge in [0.05, 0.1) is 11.4 Å². The summed E-state index contributed by atoms with van der Waals surface area (Å²) in [5.41, 5.74) is 2.75. The van der Waals surface area contributed by atoms with Crippen molar-refractivity contribution in [3.8, 4) is 0 Å². The summed E-state index contributed by atoms with van der Waals surface area (Å²) in [6.45, 7) is 0. The Labute approximate surface area is 161 Å². The first-order valence-corrected chi connectivity index (χ1v) is 9.30. The van der Waals surface area contributed by atoms with Crippen LogP contribution in [-0.4, -0.2) is 5.91 Å². The average molecular weight is 379 g/mol. The van der Waals surface area contributed by atoms with Gasteiger partial charge in [-0.15, -0.1) is 0 Å². The minimum absolute atomic E-state index is 0.185. The summed E-state index contributed by atoms with van der Waals surface area (Å²) in [6, 6.07) is 23.3. The van der Waals surface area contributed by atoms with Crippen molar-refractivity contribution in [3.05, 3.63) is 90.1 Å². The number of nitrogens with one attached hydrogen (secondary N) is 1. The first-order valence-electron chi connectivity index (χ1n) is 8.10. The van der Waals surface area contributed by atoms with Gasteiger partial charge < -0.3 is 10.2 Å². The molecule has 26 heavy (non-hydrogen) atoms. The predicted molar refractivity (Wildman–Crippen MR) is 108 cm³/mol. The third kappa shape index (κ3) is 3.47. The highest BCUT2D eigenvalue weighted by Gasteiger charge is 2.22. The number of anilines is 3. The lowest BCUT2D eigenvalue weighted by Crippen LogP contribution is -2.16. The van der Waals surface area contributed by atoms with Crippen LogP contribution in [0.25, 0.3) is 0 Å². The van der Waals surface area contributed by atoms with Crippen molar-refractivity contribution in [1.82, 2.24) is 0 Å². The van der Waals surface area contributed by atoms with Gasteiger partial charge in [0.1, 0.15) is 0 Å². The number of halogens is 1. The Hall–Kier alpha value is -2.69. The van der Waals surface area contributed by atoms with Crippen LogP contribution in [-0.2, 0) is 4.79 Å². The largest absolute Gasteiger partial charge is 0.322 e. The summed E-state index contributed by atoms with van der Waals surface area (Å²) in [6.07, 6.45) is 3.32. The smallest absolute Gasteiger partial charge is 0.249 e. The first-order chi connectivity index (χ1) is 12.7. The summed E-state index contributed by atoms with van der Waals surface area (Å²) in [7, 11) is 0. The second-order valence-corrected chi connectivity index (χ2v) is 7.24. The molecule has 3 nitrogen and oxygen atoms in total. The van der Waals surface area contributed by atoms with Gasteiger partial charge >= 0.3 is 0 Å². The molecule has 0 bridgehead atoms. The lowest BCUT2D eigenvalue weighted by Gasteiger charge is -2.30. The van der Waals surface area contributed by atoms with Crippen molar-refractivity contribution in [2.45, 2.75) is 9.79 Å². The molecule has 1 aliphatic heterocycles. The molecule has 0 atom stereocenters. The second kappa shape index (κ2) is 7.28.